The number of aliphatic hydroxyl groups is 2. The molecule has 242 valence electrons. The molecule has 0 amide bonds. The average Bonchev–Trinajstić information content (AvgIpc) is 3.09. The first-order valence-corrected chi connectivity index (χ1v) is 15.7. The largest absolute Gasteiger partial charge is 0.481 e. The molecule has 0 bridgehead atoms. The lowest BCUT2D eigenvalue weighted by Crippen LogP contribution is -2.26. The highest BCUT2D eigenvalue weighted by molar-refractivity contribution is 5.98. The van der Waals surface area contributed by atoms with Crippen LogP contribution < -0.4 is 20.9 Å². The number of aliphatic hydroxyl groups excluding tert-OH is 2. The molecule has 0 saturated carbocycles. The maximum atomic E-state index is 9.10. The number of rotatable bonds is 13. The third-order valence-corrected chi connectivity index (χ3v) is 8.32. The summed E-state index contributed by atoms with van der Waals surface area (Å²) in [6.07, 6.45) is 1.79. The summed E-state index contributed by atoms with van der Waals surface area (Å²) in [6.45, 7) is 6.61. The number of methoxy groups -OCH3 is 1. The first kappa shape index (κ1) is 33.4. The Morgan fingerprint density at radius 3 is 2.04 bits per heavy atom. The van der Waals surface area contributed by atoms with E-state index in [2.05, 4.69) is 48.7 Å². The SMILES string of the molecule is COc1nc(-c2cccc(-c3cccc(-c4ccn(C(=N)c5ccc(CNCCO)cc5)c(=N)c4)c3C)c2C)ccc1CNCCO. The summed E-state index contributed by atoms with van der Waals surface area (Å²) in [6, 6.07) is 28.0. The van der Waals surface area contributed by atoms with E-state index in [9.17, 15) is 0 Å². The number of aromatic nitrogens is 2. The van der Waals surface area contributed by atoms with Crippen LogP contribution in [0.5, 0.6) is 5.88 Å². The summed E-state index contributed by atoms with van der Waals surface area (Å²) in [7, 11) is 1.62. The minimum atomic E-state index is 0.0706. The fourth-order valence-electron chi connectivity index (χ4n) is 5.77. The lowest BCUT2D eigenvalue weighted by Gasteiger charge is -2.17. The summed E-state index contributed by atoms with van der Waals surface area (Å²) in [5.41, 5.74) is 11.1. The Hall–Kier alpha value is -4.93. The quantitative estimate of drug-likeness (QED) is 0.0613. The molecule has 0 spiro atoms. The molecule has 0 aliphatic heterocycles. The van der Waals surface area contributed by atoms with Crippen LogP contribution in [0, 0.1) is 24.7 Å². The van der Waals surface area contributed by atoms with Gasteiger partial charge >= 0.3 is 0 Å². The Kier molecular flexibility index (Phi) is 11.1. The van der Waals surface area contributed by atoms with Gasteiger partial charge in [-0.1, -0.05) is 66.7 Å². The van der Waals surface area contributed by atoms with E-state index in [1.807, 2.05) is 60.7 Å². The van der Waals surface area contributed by atoms with Gasteiger partial charge in [0.2, 0.25) is 5.88 Å². The molecule has 3 aromatic carbocycles. The number of benzene rings is 3. The molecule has 9 heteroatoms. The summed E-state index contributed by atoms with van der Waals surface area (Å²) < 4.78 is 7.18. The average molecular weight is 631 g/mol. The van der Waals surface area contributed by atoms with Crippen LogP contribution in [0.1, 0.15) is 27.8 Å². The summed E-state index contributed by atoms with van der Waals surface area (Å²) in [5, 5.41) is 42.0. The third kappa shape index (κ3) is 7.56. The topological polar surface area (TPSA) is 139 Å². The van der Waals surface area contributed by atoms with Gasteiger partial charge in [0.25, 0.3) is 0 Å². The molecule has 0 aliphatic carbocycles. The molecule has 6 N–H and O–H groups in total. The maximum absolute atomic E-state index is 9.10. The van der Waals surface area contributed by atoms with Crippen molar-refractivity contribution in [2.24, 2.45) is 0 Å². The van der Waals surface area contributed by atoms with E-state index in [4.69, 9.17) is 30.8 Å². The Morgan fingerprint density at radius 2 is 1.40 bits per heavy atom. The molecule has 0 atom stereocenters. The van der Waals surface area contributed by atoms with E-state index in [1.54, 1.807) is 17.9 Å². The highest BCUT2D eigenvalue weighted by Crippen LogP contribution is 2.36. The molecule has 2 heterocycles. The fourth-order valence-corrected chi connectivity index (χ4v) is 5.77. The van der Waals surface area contributed by atoms with E-state index in [1.165, 1.54) is 0 Å². The molecule has 0 saturated heterocycles. The Balaban J connectivity index is 1.42. The van der Waals surface area contributed by atoms with Crippen molar-refractivity contribution >= 4 is 5.84 Å². The second kappa shape index (κ2) is 15.6. The first-order valence-electron chi connectivity index (χ1n) is 15.7. The molecular formula is C38H42N6O3. The van der Waals surface area contributed by atoms with Gasteiger partial charge in [0, 0.05) is 49.1 Å². The van der Waals surface area contributed by atoms with Crippen molar-refractivity contribution in [3.63, 3.8) is 0 Å². The minimum Gasteiger partial charge on any atom is -0.481 e. The molecule has 9 nitrogen and oxygen atoms in total. The molecule has 0 fully saturated rings. The van der Waals surface area contributed by atoms with Crippen molar-refractivity contribution in [1.82, 2.24) is 20.2 Å². The van der Waals surface area contributed by atoms with E-state index in [0.29, 0.717) is 32.1 Å². The van der Waals surface area contributed by atoms with E-state index in [-0.39, 0.29) is 24.5 Å². The van der Waals surface area contributed by atoms with Crippen LogP contribution in [0.15, 0.2) is 91.1 Å². The van der Waals surface area contributed by atoms with Gasteiger partial charge in [0.05, 0.1) is 26.0 Å². The number of hydrogen-bond acceptors (Lipinski definition) is 8. The lowest BCUT2D eigenvalue weighted by atomic mass is 9.89. The zero-order valence-electron chi connectivity index (χ0n) is 27.1. The predicted octanol–water partition coefficient (Wildman–Crippen LogP) is 5.03. The normalized spacial score (nSPS) is 11.1. The van der Waals surface area contributed by atoms with Crippen LogP contribution in [0.4, 0.5) is 0 Å². The van der Waals surface area contributed by atoms with Crippen molar-refractivity contribution in [3.05, 3.63) is 124 Å². The molecule has 5 aromatic rings. The first-order chi connectivity index (χ1) is 22.9. The van der Waals surface area contributed by atoms with Gasteiger partial charge in [-0.15, -0.1) is 0 Å². The van der Waals surface area contributed by atoms with Crippen LogP contribution in [-0.2, 0) is 13.1 Å². The van der Waals surface area contributed by atoms with Crippen LogP contribution in [0.25, 0.3) is 33.5 Å². The Bertz CT molecular complexity index is 1920. The second-order valence-electron chi connectivity index (χ2n) is 11.3. The Morgan fingerprint density at radius 1 is 0.787 bits per heavy atom. The van der Waals surface area contributed by atoms with Crippen molar-refractivity contribution in [1.29, 1.82) is 10.8 Å². The zero-order chi connectivity index (χ0) is 33.3. The van der Waals surface area contributed by atoms with Gasteiger partial charge < -0.3 is 25.6 Å². The number of nitrogens with one attached hydrogen (secondary N) is 4. The number of pyridine rings is 2. The van der Waals surface area contributed by atoms with Gasteiger partial charge in [0.1, 0.15) is 11.3 Å². The molecule has 47 heavy (non-hydrogen) atoms. The number of ether oxygens (including phenoxy) is 1. The fraction of sp³-hybridized carbons (Fsp3) is 0.237. The van der Waals surface area contributed by atoms with Gasteiger partial charge in [0.15, 0.2) is 0 Å². The highest BCUT2D eigenvalue weighted by atomic mass is 16.5. The smallest absolute Gasteiger partial charge is 0.218 e. The van der Waals surface area contributed by atoms with Crippen molar-refractivity contribution in [3.8, 4) is 39.4 Å². The van der Waals surface area contributed by atoms with Crippen molar-refractivity contribution < 1.29 is 14.9 Å². The molecule has 2 aromatic heterocycles. The summed E-state index contributed by atoms with van der Waals surface area (Å²) >= 11 is 0. The van der Waals surface area contributed by atoms with Gasteiger partial charge in [-0.05, 0) is 71.0 Å². The second-order valence-corrected chi connectivity index (χ2v) is 11.3. The monoisotopic (exact) mass is 630 g/mol. The number of hydrogen-bond donors (Lipinski definition) is 6. The van der Waals surface area contributed by atoms with Crippen LogP contribution >= 0.6 is 0 Å². The van der Waals surface area contributed by atoms with Gasteiger partial charge in [-0.2, -0.15) is 0 Å². The van der Waals surface area contributed by atoms with E-state index >= 15 is 0 Å². The molecular weight excluding hydrogens is 588 g/mol. The third-order valence-electron chi connectivity index (χ3n) is 8.32. The van der Waals surface area contributed by atoms with Crippen LogP contribution in [0.2, 0.25) is 0 Å². The minimum absolute atomic E-state index is 0.0706. The van der Waals surface area contributed by atoms with Crippen molar-refractivity contribution in [2.45, 2.75) is 26.9 Å². The molecule has 0 unspecified atom stereocenters. The summed E-state index contributed by atoms with van der Waals surface area (Å²) in [5.74, 6) is 0.786. The lowest BCUT2D eigenvalue weighted by molar-refractivity contribution is 0.291. The zero-order valence-corrected chi connectivity index (χ0v) is 27.1. The predicted molar refractivity (Wildman–Crippen MR) is 187 cm³/mol. The van der Waals surface area contributed by atoms with Crippen molar-refractivity contribution in [2.75, 3.05) is 33.4 Å². The number of nitrogens with zero attached hydrogens (tertiary/aromatic N) is 2. The van der Waals surface area contributed by atoms with Gasteiger partial charge in [-0.3, -0.25) is 15.4 Å². The standard InChI is InChI=1S/C38H42N6O3/c1-25-31(29-16-19-44(36(39)22-29)37(40)28-12-10-27(11-13-28)23-41-17-20-45)6-4-7-32(25)33-8-5-9-34(26(33)2)35-15-14-30(24-42-18-21-46)38(43-35)47-3/h4-16,19,22,39-42,45-46H,17-18,20-21,23-24H2,1-3H3. The molecule has 0 radical (unpaired) electrons. The van der Waals surface area contributed by atoms with Crippen LogP contribution in [-0.4, -0.2) is 59.0 Å². The van der Waals surface area contributed by atoms with E-state index < -0.39 is 0 Å². The Labute approximate surface area is 275 Å². The summed E-state index contributed by atoms with van der Waals surface area (Å²) in [4.78, 5) is 4.82. The van der Waals surface area contributed by atoms with Gasteiger partial charge in [-0.25, -0.2) is 4.98 Å². The van der Waals surface area contributed by atoms with E-state index in [0.717, 1.165) is 61.3 Å². The highest BCUT2D eigenvalue weighted by Gasteiger charge is 2.16. The molecule has 0 aliphatic rings. The van der Waals surface area contributed by atoms with Crippen LogP contribution in [0.3, 0.4) is 0 Å². The molecule has 5 rings (SSSR count). The maximum Gasteiger partial charge on any atom is 0.218 e.